The van der Waals surface area contributed by atoms with E-state index in [1.54, 1.807) is 0 Å². The van der Waals surface area contributed by atoms with E-state index in [1.807, 2.05) is 18.2 Å². The average molecular weight is 393 g/mol. The third-order valence-corrected chi connectivity index (χ3v) is 6.20. The van der Waals surface area contributed by atoms with Gasteiger partial charge >= 0.3 is 0 Å². The first kappa shape index (κ1) is 18.9. The second-order valence-corrected chi connectivity index (χ2v) is 8.52. The lowest BCUT2D eigenvalue weighted by Crippen LogP contribution is -2.34. The lowest BCUT2D eigenvalue weighted by molar-refractivity contribution is -0.121. The second-order valence-electron chi connectivity index (χ2n) is 6.31. The minimum atomic E-state index is -3.64. The van der Waals surface area contributed by atoms with Gasteiger partial charge in [0.1, 0.15) is 0 Å². The van der Waals surface area contributed by atoms with Crippen molar-refractivity contribution < 1.29 is 13.2 Å². The molecule has 0 fully saturated rings. The van der Waals surface area contributed by atoms with Crippen molar-refractivity contribution in [1.82, 2.24) is 10.0 Å². The molecule has 0 saturated carbocycles. The number of benzene rings is 2. The van der Waals surface area contributed by atoms with Crippen LogP contribution in [0.2, 0.25) is 5.02 Å². The molecule has 1 amide bonds. The van der Waals surface area contributed by atoms with Crippen molar-refractivity contribution in [2.75, 3.05) is 6.54 Å². The van der Waals surface area contributed by atoms with Crippen LogP contribution in [0.5, 0.6) is 0 Å². The van der Waals surface area contributed by atoms with Gasteiger partial charge in [0.2, 0.25) is 15.9 Å². The van der Waals surface area contributed by atoms with Crippen LogP contribution in [0.15, 0.2) is 53.4 Å². The zero-order valence-corrected chi connectivity index (χ0v) is 15.8. The van der Waals surface area contributed by atoms with Gasteiger partial charge in [0.15, 0.2) is 0 Å². The van der Waals surface area contributed by atoms with Gasteiger partial charge in [0.25, 0.3) is 0 Å². The quantitative estimate of drug-likeness (QED) is 0.792. The van der Waals surface area contributed by atoms with E-state index < -0.39 is 10.0 Å². The molecule has 7 heteroatoms. The fourth-order valence-electron chi connectivity index (χ4n) is 3.17. The smallest absolute Gasteiger partial charge is 0.240 e. The number of amides is 1. The number of sulfonamides is 1. The van der Waals surface area contributed by atoms with E-state index in [-0.39, 0.29) is 29.8 Å². The maximum Gasteiger partial charge on any atom is 0.240 e. The molecule has 138 valence electrons. The van der Waals surface area contributed by atoms with Gasteiger partial charge in [-0.25, -0.2) is 13.1 Å². The summed E-state index contributed by atoms with van der Waals surface area (Å²) in [5.74, 6) is -0.162. The Bertz CT molecular complexity index is 882. The fraction of sp³-hybridized carbons (Fsp3) is 0.316. The van der Waals surface area contributed by atoms with Gasteiger partial charge in [-0.2, -0.15) is 0 Å². The van der Waals surface area contributed by atoms with Crippen molar-refractivity contribution in [3.05, 3.63) is 64.7 Å². The highest BCUT2D eigenvalue weighted by Gasteiger charge is 2.21. The Morgan fingerprint density at radius 2 is 1.85 bits per heavy atom. The number of carbonyl (C=O) groups excluding carboxylic acids is 1. The number of fused-ring (bicyclic) bond motifs is 1. The molecule has 2 aromatic rings. The van der Waals surface area contributed by atoms with Crippen LogP contribution in [0.25, 0.3) is 0 Å². The van der Waals surface area contributed by atoms with Crippen molar-refractivity contribution >= 4 is 27.5 Å². The largest absolute Gasteiger partial charge is 0.349 e. The van der Waals surface area contributed by atoms with Crippen molar-refractivity contribution in [3.8, 4) is 0 Å². The third-order valence-electron chi connectivity index (χ3n) is 4.47. The molecule has 0 aliphatic heterocycles. The molecule has 0 aromatic heterocycles. The standard InChI is InChI=1S/C19H21ClN2O3S/c20-15-8-10-16(11-9-15)26(24,25)21-13-12-19(23)22-18-7-3-5-14-4-1-2-6-17(14)18/h1-2,4,6,8-11,18,21H,3,5,7,12-13H2,(H,22,23)/t18-/m1/s1. The van der Waals surface area contributed by atoms with Gasteiger partial charge < -0.3 is 5.32 Å². The van der Waals surface area contributed by atoms with Gasteiger partial charge in [-0.05, 0) is 54.7 Å². The molecule has 1 aliphatic carbocycles. The highest BCUT2D eigenvalue weighted by atomic mass is 35.5. The van der Waals surface area contributed by atoms with Crippen molar-refractivity contribution in [1.29, 1.82) is 0 Å². The van der Waals surface area contributed by atoms with E-state index in [2.05, 4.69) is 16.1 Å². The van der Waals surface area contributed by atoms with E-state index in [4.69, 9.17) is 11.6 Å². The zero-order valence-electron chi connectivity index (χ0n) is 14.2. The number of nitrogens with one attached hydrogen (secondary N) is 2. The molecule has 3 rings (SSSR count). The van der Waals surface area contributed by atoms with Crippen LogP contribution >= 0.6 is 11.6 Å². The molecule has 1 aliphatic rings. The first-order valence-electron chi connectivity index (χ1n) is 8.58. The number of carbonyl (C=O) groups is 1. The minimum absolute atomic E-state index is 0.000298. The topological polar surface area (TPSA) is 75.3 Å². The van der Waals surface area contributed by atoms with Crippen molar-refractivity contribution in [3.63, 3.8) is 0 Å². The number of aryl methyl sites for hydroxylation is 1. The van der Waals surface area contributed by atoms with Crippen LogP contribution < -0.4 is 10.0 Å². The molecular formula is C19H21ClN2O3S. The first-order valence-corrected chi connectivity index (χ1v) is 10.4. The summed E-state index contributed by atoms with van der Waals surface area (Å²) in [5.41, 5.74) is 2.43. The second kappa shape index (κ2) is 8.20. The molecule has 2 N–H and O–H groups in total. The van der Waals surface area contributed by atoms with Crippen LogP contribution in [0.3, 0.4) is 0 Å². The average Bonchev–Trinajstić information content (AvgIpc) is 2.62. The van der Waals surface area contributed by atoms with Gasteiger partial charge in [-0.1, -0.05) is 35.9 Å². The van der Waals surface area contributed by atoms with Gasteiger partial charge in [-0.15, -0.1) is 0 Å². The molecule has 0 spiro atoms. The zero-order chi connectivity index (χ0) is 18.6. The highest BCUT2D eigenvalue weighted by molar-refractivity contribution is 7.89. The fourth-order valence-corrected chi connectivity index (χ4v) is 4.32. The van der Waals surface area contributed by atoms with Gasteiger partial charge in [0, 0.05) is 18.0 Å². The summed E-state index contributed by atoms with van der Waals surface area (Å²) in [7, 11) is -3.64. The van der Waals surface area contributed by atoms with Gasteiger partial charge in [-0.3, -0.25) is 4.79 Å². The summed E-state index contributed by atoms with van der Waals surface area (Å²) in [6.45, 7) is 0.0468. The maximum absolute atomic E-state index is 12.2. The molecule has 2 aromatic carbocycles. The molecule has 0 radical (unpaired) electrons. The summed E-state index contributed by atoms with van der Waals surface area (Å²) >= 11 is 5.77. The third kappa shape index (κ3) is 4.63. The Labute approximate surface area is 158 Å². The number of hydrogen-bond donors (Lipinski definition) is 2. The van der Waals surface area contributed by atoms with Crippen molar-refractivity contribution in [2.45, 2.75) is 36.6 Å². The lowest BCUT2D eigenvalue weighted by Gasteiger charge is -2.26. The molecule has 5 nitrogen and oxygen atoms in total. The van der Waals surface area contributed by atoms with Crippen LogP contribution in [0.1, 0.15) is 36.4 Å². The normalized spacial score (nSPS) is 16.7. The Hall–Kier alpha value is -1.89. The van der Waals surface area contributed by atoms with Crippen LogP contribution in [-0.4, -0.2) is 20.9 Å². The predicted octanol–water partition coefficient (Wildman–Crippen LogP) is 3.20. The van der Waals surface area contributed by atoms with Crippen LogP contribution in [-0.2, 0) is 21.2 Å². The molecule has 1 atom stereocenters. The maximum atomic E-state index is 12.2. The Kier molecular flexibility index (Phi) is 5.96. The molecule has 0 unspecified atom stereocenters. The number of halogens is 1. The van der Waals surface area contributed by atoms with E-state index in [0.29, 0.717) is 5.02 Å². The minimum Gasteiger partial charge on any atom is -0.349 e. The lowest BCUT2D eigenvalue weighted by atomic mass is 9.88. The van der Waals surface area contributed by atoms with E-state index in [9.17, 15) is 13.2 Å². The van der Waals surface area contributed by atoms with Crippen LogP contribution in [0, 0.1) is 0 Å². The van der Waals surface area contributed by atoms with Crippen molar-refractivity contribution in [2.24, 2.45) is 0 Å². The first-order chi connectivity index (χ1) is 12.5. The predicted molar refractivity (Wildman–Crippen MR) is 102 cm³/mol. The van der Waals surface area contributed by atoms with E-state index >= 15 is 0 Å². The van der Waals surface area contributed by atoms with E-state index in [0.717, 1.165) is 24.8 Å². The highest BCUT2D eigenvalue weighted by Crippen LogP contribution is 2.29. The molecule has 26 heavy (non-hydrogen) atoms. The Morgan fingerprint density at radius 3 is 2.62 bits per heavy atom. The Balaban J connectivity index is 1.53. The molecule has 0 bridgehead atoms. The van der Waals surface area contributed by atoms with Crippen LogP contribution in [0.4, 0.5) is 0 Å². The summed E-state index contributed by atoms with van der Waals surface area (Å²) in [6.07, 6.45) is 3.05. The molecule has 0 saturated heterocycles. The summed E-state index contributed by atoms with van der Waals surface area (Å²) in [4.78, 5) is 12.4. The van der Waals surface area contributed by atoms with Gasteiger partial charge in [0.05, 0.1) is 10.9 Å². The van der Waals surface area contributed by atoms with E-state index in [1.165, 1.54) is 29.8 Å². The number of hydrogen-bond acceptors (Lipinski definition) is 3. The Morgan fingerprint density at radius 1 is 1.12 bits per heavy atom. The monoisotopic (exact) mass is 392 g/mol. The summed E-state index contributed by atoms with van der Waals surface area (Å²) in [6, 6.07) is 14.0. The summed E-state index contributed by atoms with van der Waals surface area (Å²) in [5, 5.41) is 3.49. The number of rotatable bonds is 6. The SMILES string of the molecule is O=C(CCNS(=O)(=O)c1ccc(Cl)cc1)N[C@@H]1CCCc2ccccc21. The summed E-state index contributed by atoms with van der Waals surface area (Å²) < 4.78 is 26.8. The molecule has 0 heterocycles. The molecular weight excluding hydrogens is 372 g/mol.